The number of aromatic nitrogens is 2. The Bertz CT molecular complexity index is 591. The van der Waals surface area contributed by atoms with Crippen LogP contribution in [0.4, 0.5) is 0 Å². The highest BCUT2D eigenvalue weighted by Crippen LogP contribution is 2.29. The minimum absolute atomic E-state index is 0.127. The molecule has 0 saturated heterocycles. The van der Waals surface area contributed by atoms with Crippen LogP contribution in [0.3, 0.4) is 0 Å². The minimum atomic E-state index is 0.127. The van der Waals surface area contributed by atoms with Crippen molar-refractivity contribution in [3.63, 3.8) is 0 Å². The Morgan fingerprint density at radius 3 is 2.47 bits per heavy atom. The summed E-state index contributed by atoms with van der Waals surface area (Å²) in [6.07, 6.45) is 1.57. The molecule has 0 spiro atoms. The largest absolute Gasteiger partial charge is 0.439 e. The van der Waals surface area contributed by atoms with Crippen LogP contribution in [-0.4, -0.2) is 9.97 Å². The molecule has 0 N–H and O–H groups in total. The molecule has 0 aliphatic heterocycles. The molecular formula is C15H17ClN2O. The van der Waals surface area contributed by atoms with Crippen molar-refractivity contribution in [3.8, 4) is 11.6 Å². The molecule has 1 heterocycles. The van der Waals surface area contributed by atoms with Crippen LogP contribution in [0.15, 0.2) is 30.5 Å². The monoisotopic (exact) mass is 276 g/mol. The van der Waals surface area contributed by atoms with Crippen LogP contribution >= 0.6 is 11.6 Å². The maximum Gasteiger partial charge on any atom is 0.225 e. The molecular weight excluding hydrogens is 260 g/mol. The van der Waals surface area contributed by atoms with Crippen molar-refractivity contribution in [2.24, 2.45) is 0 Å². The van der Waals surface area contributed by atoms with Gasteiger partial charge < -0.3 is 4.74 Å². The summed E-state index contributed by atoms with van der Waals surface area (Å²) < 4.78 is 5.72. The average Bonchev–Trinajstić information content (AvgIpc) is 2.30. The van der Waals surface area contributed by atoms with Crippen molar-refractivity contribution in [1.29, 1.82) is 0 Å². The van der Waals surface area contributed by atoms with E-state index >= 15 is 0 Å². The molecule has 1 aromatic heterocycles. The maximum absolute atomic E-state index is 5.73. The number of hydrogen-bond acceptors (Lipinski definition) is 3. The number of hydrogen-bond donors (Lipinski definition) is 0. The van der Waals surface area contributed by atoms with Crippen LogP contribution in [0, 0.1) is 6.92 Å². The fraction of sp³-hybridized carbons (Fsp3) is 0.333. The van der Waals surface area contributed by atoms with E-state index in [2.05, 4.69) is 42.9 Å². The van der Waals surface area contributed by atoms with Gasteiger partial charge in [-0.15, -0.1) is 0 Å². The number of aryl methyl sites for hydroxylation is 1. The fourth-order valence-electron chi connectivity index (χ4n) is 1.72. The first-order chi connectivity index (χ1) is 8.86. The third kappa shape index (κ3) is 3.44. The molecule has 100 valence electrons. The van der Waals surface area contributed by atoms with Crippen LogP contribution in [0.25, 0.3) is 0 Å². The summed E-state index contributed by atoms with van der Waals surface area (Å²) in [5, 5.41) is 0.182. The van der Waals surface area contributed by atoms with E-state index in [-0.39, 0.29) is 10.7 Å². The summed E-state index contributed by atoms with van der Waals surface area (Å²) >= 11 is 5.73. The average molecular weight is 277 g/mol. The summed E-state index contributed by atoms with van der Waals surface area (Å²) in [6, 6.07) is 7.86. The van der Waals surface area contributed by atoms with E-state index in [1.165, 1.54) is 5.56 Å². The van der Waals surface area contributed by atoms with E-state index in [1.807, 2.05) is 13.0 Å². The third-order valence-corrected chi connectivity index (χ3v) is 3.04. The Balaban J connectivity index is 2.27. The number of ether oxygens (including phenoxy) is 1. The van der Waals surface area contributed by atoms with Crippen molar-refractivity contribution in [2.45, 2.75) is 33.1 Å². The lowest BCUT2D eigenvalue weighted by Crippen LogP contribution is -2.11. The van der Waals surface area contributed by atoms with E-state index in [1.54, 1.807) is 12.3 Å². The molecule has 0 fully saturated rings. The Morgan fingerprint density at radius 1 is 1.16 bits per heavy atom. The van der Waals surface area contributed by atoms with E-state index in [9.17, 15) is 0 Å². The van der Waals surface area contributed by atoms with E-state index in [0.29, 0.717) is 5.88 Å². The second-order valence-corrected chi connectivity index (χ2v) is 5.83. The number of rotatable bonds is 2. The second-order valence-electron chi connectivity index (χ2n) is 5.50. The van der Waals surface area contributed by atoms with Gasteiger partial charge in [-0.3, -0.25) is 0 Å². The zero-order valence-corrected chi connectivity index (χ0v) is 12.3. The number of halogens is 1. The highest BCUT2D eigenvalue weighted by molar-refractivity contribution is 6.28. The Hall–Kier alpha value is -1.61. The van der Waals surface area contributed by atoms with Gasteiger partial charge in [0, 0.05) is 12.3 Å². The highest BCUT2D eigenvalue weighted by Gasteiger charge is 2.15. The lowest BCUT2D eigenvalue weighted by Gasteiger charge is -2.20. The SMILES string of the molecule is Cc1cc(C(C)(C)C)ccc1Oc1ccnc(Cl)n1. The molecule has 0 atom stereocenters. The summed E-state index contributed by atoms with van der Waals surface area (Å²) in [5.74, 6) is 1.23. The lowest BCUT2D eigenvalue weighted by atomic mass is 9.86. The van der Waals surface area contributed by atoms with Crippen molar-refractivity contribution < 1.29 is 4.74 Å². The molecule has 0 aliphatic rings. The molecule has 0 radical (unpaired) electrons. The molecule has 4 heteroatoms. The molecule has 0 saturated carbocycles. The normalized spacial score (nSPS) is 11.4. The Kier molecular flexibility index (Phi) is 3.76. The molecule has 0 unspecified atom stereocenters. The standard InChI is InChI=1S/C15H17ClN2O/c1-10-9-11(15(2,3)4)5-6-12(10)19-13-7-8-17-14(16)18-13/h5-9H,1-4H3. The van der Waals surface area contributed by atoms with E-state index < -0.39 is 0 Å². The van der Waals surface area contributed by atoms with Gasteiger partial charge in [0.25, 0.3) is 0 Å². The molecule has 0 bridgehead atoms. The van der Waals surface area contributed by atoms with Gasteiger partial charge in [-0.2, -0.15) is 4.98 Å². The molecule has 0 amide bonds. The zero-order chi connectivity index (χ0) is 14.0. The Morgan fingerprint density at radius 2 is 1.89 bits per heavy atom. The summed E-state index contributed by atoms with van der Waals surface area (Å²) in [6.45, 7) is 8.58. The van der Waals surface area contributed by atoms with Gasteiger partial charge in [-0.25, -0.2) is 4.98 Å². The van der Waals surface area contributed by atoms with E-state index in [0.717, 1.165) is 11.3 Å². The molecule has 19 heavy (non-hydrogen) atoms. The smallest absolute Gasteiger partial charge is 0.225 e. The van der Waals surface area contributed by atoms with Gasteiger partial charge in [0.2, 0.25) is 11.2 Å². The van der Waals surface area contributed by atoms with Crippen LogP contribution < -0.4 is 4.74 Å². The van der Waals surface area contributed by atoms with Crippen molar-refractivity contribution in [3.05, 3.63) is 46.9 Å². The second kappa shape index (κ2) is 5.17. The van der Waals surface area contributed by atoms with Gasteiger partial charge in [0.05, 0.1) is 0 Å². The first kappa shape index (κ1) is 13.8. The molecule has 2 rings (SSSR count). The van der Waals surface area contributed by atoms with E-state index in [4.69, 9.17) is 16.3 Å². The molecule has 3 nitrogen and oxygen atoms in total. The Labute approximate surface area is 118 Å². The van der Waals surface area contributed by atoms with Crippen molar-refractivity contribution in [1.82, 2.24) is 9.97 Å². The minimum Gasteiger partial charge on any atom is -0.439 e. The number of benzene rings is 1. The first-order valence-electron chi connectivity index (χ1n) is 6.14. The first-order valence-corrected chi connectivity index (χ1v) is 6.51. The van der Waals surface area contributed by atoms with Gasteiger partial charge in [0.15, 0.2) is 0 Å². The van der Waals surface area contributed by atoms with Crippen LogP contribution in [0.5, 0.6) is 11.6 Å². The maximum atomic E-state index is 5.73. The van der Waals surface area contributed by atoms with Crippen molar-refractivity contribution >= 4 is 11.6 Å². The predicted octanol–water partition coefficient (Wildman–Crippen LogP) is 4.53. The van der Waals surface area contributed by atoms with Crippen molar-refractivity contribution in [2.75, 3.05) is 0 Å². The van der Waals surface area contributed by atoms with Gasteiger partial charge in [-0.1, -0.05) is 32.9 Å². The summed E-state index contributed by atoms with van der Waals surface area (Å²) in [7, 11) is 0. The topological polar surface area (TPSA) is 35.0 Å². The molecule has 1 aromatic carbocycles. The molecule has 2 aromatic rings. The van der Waals surface area contributed by atoms with Crippen LogP contribution in [-0.2, 0) is 5.41 Å². The van der Waals surface area contributed by atoms with Crippen LogP contribution in [0.2, 0.25) is 5.28 Å². The highest BCUT2D eigenvalue weighted by atomic mass is 35.5. The van der Waals surface area contributed by atoms with Gasteiger partial charge >= 0.3 is 0 Å². The zero-order valence-electron chi connectivity index (χ0n) is 11.6. The summed E-state index contributed by atoms with van der Waals surface area (Å²) in [4.78, 5) is 7.84. The summed E-state index contributed by atoms with van der Waals surface area (Å²) in [5.41, 5.74) is 2.47. The predicted molar refractivity (Wildman–Crippen MR) is 77.0 cm³/mol. The lowest BCUT2D eigenvalue weighted by molar-refractivity contribution is 0.457. The van der Waals surface area contributed by atoms with Crippen LogP contribution in [0.1, 0.15) is 31.9 Å². The fourth-order valence-corrected chi connectivity index (χ4v) is 1.86. The number of nitrogens with zero attached hydrogens (tertiary/aromatic N) is 2. The van der Waals surface area contributed by atoms with Gasteiger partial charge in [0.1, 0.15) is 5.75 Å². The molecule has 0 aliphatic carbocycles. The quantitative estimate of drug-likeness (QED) is 0.756. The van der Waals surface area contributed by atoms with Gasteiger partial charge in [-0.05, 0) is 41.1 Å². The third-order valence-electron chi connectivity index (χ3n) is 2.86.